The number of rotatable bonds is 4. The lowest BCUT2D eigenvalue weighted by molar-refractivity contribution is 0.758. The zero-order valence-electron chi connectivity index (χ0n) is 7.42. The molecule has 0 spiro atoms. The first-order valence-corrected chi connectivity index (χ1v) is 4.77. The Labute approximate surface area is 70.0 Å². The molecule has 0 saturated carbocycles. The summed E-state index contributed by atoms with van der Waals surface area (Å²) in [6, 6.07) is 0. The third-order valence-corrected chi connectivity index (χ3v) is 2.16. The Morgan fingerprint density at radius 3 is 3.09 bits per heavy atom. The standard InChI is InChI=1S/C11H18/c1-2-3-4-5-8-11-9-6-7-10-11/h5-6,8-9,11H,2-4,7,10H2,1H3/b8-5-. The van der Waals surface area contributed by atoms with Crippen molar-refractivity contribution in [1.29, 1.82) is 0 Å². The van der Waals surface area contributed by atoms with Crippen molar-refractivity contribution in [3.8, 4) is 0 Å². The van der Waals surface area contributed by atoms with E-state index in [9.17, 15) is 0 Å². The van der Waals surface area contributed by atoms with Gasteiger partial charge in [-0.15, -0.1) is 0 Å². The fourth-order valence-electron chi connectivity index (χ4n) is 1.41. The maximum Gasteiger partial charge on any atom is -0.00506 e. The number of unbranched alkanes of at least 4 members (excludes halogenated alkanes) is 2. The third-order valence-electron chi connectivity index (χ3n) is 2.16. The van der Waals surface area contributed by atoms with Gasteiger partial charge in [-0.2, -0.15) is 0 Å². The first kappa shape index (κ1) is 8.58. The van der Waals surface area contributed by atoms with E-state index >= 15 is 0 Å². The molecule has 0 heterocycles. The van der Waals surface area contributed by atoms with Crippen LogP contribution in [0.5, 0.6) is 0 Å². The molecule has 1 rings (SSSR count). The summed E-state index contributed by atoms with van der Waals surface area (Å²) in [5.41, 5.74) is 0. The molecule has 1 atom stereocenters. The van der Waals surface area contributed by atoms with Crippen molar-refractivity contribution >= 4 is 0 Å². The third kappa shape index (κ3) is 3.41. The molecule has 0 amide bonds. The van der Waals surface area contributed by atoms with E-state index in [2.05, 4.69) is 31.2 Å². The minimum Gasteiger partial charge on any atom is -0.0879 e. The van der Waals surface area contributed by atoms with Crippen LogP contribution in [0.2, 0.25) is 0 Å². The van der Waals surface area contributed by atoms with E-state index in [0.717, 1.165) is 5.92 Å². The first-order valence-electron chi connectivity index (χ1n) is 4.77. The van der Waals surface area contributed by atoms with Gasteiger partial charge in [0.25, 0.3) is 0 Å². The molecule has 0 bridgehead atoms. The molecule has 0 heteroatoms. The van der Waals surface area contributed by atoms with Crippen LogP contribution in [0, 0.1) is 5.92 Å². The highest BCUT2D eigenvalue weighted by Gasteiger charge is 2.02. The summed E-state index contributed by atoms with van der Waals surface area (Å²) in [5, 5.41) is 0. The zero-order chi connectivity index (χ0) is 7.94. The van der Waals surface area contributed by atoms with Gasteiger partial charge >= 0.3 is 0 Å². The summed E-state index contributed by atoms with van der Waals surface area (Å²) >= 11 is 0. The first-order chi connectivity index (χ1) is 5.43. The summed E-state index contributed by atoms with van der Waals surface area (Å²) in [6.07, 6.45) is 15.8. The fourth-order valence-corrected chi connectivity index (χ4v) is 1.41. The quantitative estimate of drug-likeness (QED) is 0.423. The van der Waals surface area contributed by atoms with Crippen LogP contribution in [-0.2, 0) is 0 Å². The van der Waals surface area contributed by atoms with E-state index < -0.39 is 0 Å². The lowest BCUT2D eigenvalue weighted by Crippen LogP contribution is -1.83. The number of allylic oxidation sites excluding steroid dienone is 4. The van der Waals surface area contributed by atoms with Crippen LogP contribution in [0.1, 0.15) is 39.0 Å². The molecule has 0 aromatic carbocycles. The molecule has 1 aliphatic carbocycles. The Morgan fingerprint density at radius 2 is 2.45 bits per heavy atom. The molecule has 0 N–H and O–H groups in total. The average Bonchev–Trinajstić information content (AvgIpc) is 2.50. The summed E-state index contributed by atoms with van der Waals surface area (Å²) in [6.45, 7) is 2.24. The lowest BCUT2D eigenvalue weighted by atomic mass is 10.1. The maximum atomic E-state index is 2.36. The molecule has 11 heavy (non-hydrogen) atoms. The molecular formula is C11H18. The Morgan fingerprint density at radius 1 is 1.55 bits per heavy atom. The van der Waals surface area contributed by atoms with Gasteiger partial charge in [-0.3, -0.25) is 0 Å². The minimum atomic E-state index is 0.756. The summed E-state index contributed by atoms with van der Waals surface area (Å²) in [4.78, 5) is 0. The van der Waals surface area contributed by atoms with Crippen molar-refractivity contribution in [2.45, 2.75) is 39.0 Å². The van der Waals surface area contributed by atoms with Crippen LogP contribution in [0.4, 0.5) is 0 Å². The predicted molar refractivity (Wildman–Crippen MR) is 50.5 cm³/mol. The second-order valence-corrected chi connectivity index (χ2v) is 3.24. The lowest BCUT2D eigenvalue weighted by Gasteiger charge is -1.97. The van der Waals surface area contributed by atoms with Crippen molar-refractivity contribution < 1.29 is 0 Å². The van der Waals surface area contributed by atoms with E-state index in [1.54, 1.807) is 0 Å². The van der Waals surface area contributed by atoms with Crippen molar-refractivity contribution in [1.82, 2.24) is 0 Å². The second kappa shape index (κ2) is 5.17. The van der Waals surface area contributed by atoms with Crippen LogP contribution in [0.3, 0.4) is 0 Å². The van der Waals surface area contributed by atoms with Crippen LogP contribution < -0.4 is 0 Å². The van der Waals surface area contributed by atoms with Gasteiger partial charge in [-0.25, -0.2) is 0 Å². The van der Waals surface area contributed by atoms with Gasteiger partial charge in [0.05, 0.1) is 0 Å². The smallest absolute Gasteiger partial charge is 0.00506 e. The Bertz CT molecular complexity index is 142. The van der Waals surface area contributed by atoms with Gasteiger partial charge < -0.3 is 0 Å². The minimum absolute atomic E-state index is 0.756. The fraction of sp³-hybridized carbons (Fsp3) is 0.636. The molecule has 0 aliphatic heterocycles. The predicted octanol–water partition coefficient (Wildman–Crippen LogP) is 3.70. The van der Waals surface area contributed by atoms with Gasteiger partial charge in [-0.1, -0.05) is 44.1 Å². The van der Waals surface area contributed by atoms with Gasteiger partial charge in [0.2, 0.25) is 0 Å². The highest BCUT2D eigenvalue weighted by Crippen LogP contribution is 2.18. The van der Waals surface area contributed by atoms with Crippen molar-refractivity contribution in [3.05, 3.63) is 24.3 Å². The number of hydrogen-bond acceptors (Lipinski definition) is 0. The summed E-state index contributed by atoms with van der Waals surface area (Å²) < 4.78 is 0. The molecule has 0 aromatic heterocycles. The molecule has 0 radical (unpaired) electrons. The normalized spacial score (nSPS) is 23.5. The molecule has 0 saturated heterocycles. The monoisotopic (exact) mass is 150 g/mol. The molecule has 0 fully saturated rings. The highest BCUT2D eigenvalue weighted by atomic mass is 14.1. The zero-order valence-corrected chi connectivity index (χ0v) is 7.42. The van der Waals surface area contributed by atoms with E-state index in [4.69, 9.17) is 0 Å². The largest absolute Gasteiger partial charge is 0.0879 e. The van der Waals surface area contributed by atoms with E-state index in [0.29, 0.717) is 0 Å². The van der Waals surface area contributed by atoms with Crippen molar-refractivity contribution in [2.24, 2.45) is 5.92 Å². The Kier molecular flexibility index (Phi) is 4.03. The van der Waals surface area contributed by atoms with Crippen molar-refractivity contribution in [2.75, 3.05) is 0 Å². The summed E-state index contributed by atoms with van der Waals surface area (Å²) in [7, 11) is 0. The van der Waals surface area contributed by atoms with E-state index in [1.807, 2.05) is 0 Å². The molecule has 1 unspecified atom stereocenters. The van der Waals surface area contributed by atoms with Gasteiger partial charge in [0, 0.05) is 0 Å². The number of hydrogen-bond donors (Lipinski definition) is 0. The van der Waals surface area contributed by atoms with E-state index in [-0.39, 0.29) is 0 Å². The van der Waals surface area contributed by atoms with Crippen LogP contribution in [-0.4, -0.2) is 0 Å². The average molecular weight is 150 g/mol. The second-order valence-electron chi connectivity index (χ2n) is 3.24. The molecular weight excluding hydrogens is 132 g/mol. The molecule has 0 aromatic rings. The van der Waals surface area contributed by atoms with Crippen LogP contribution in [0.15, 0.2) is 24.3 Å². The molecule has 0 nitrogen and oxygen atoms in total. The molecule has 1 aliphatic rings. The van der Waals surface area contributed by atoms with Gasteiger partial charge in [0.15, 0.2) is 0 Å². The van der Waals surface area contributed by atoms with Crippen molar-refractivity contribution in [3.63, 3.8) is 0 Å². The topological polar surface area (TPSA) is 0 Å². The maximum absolute atomic E-state index is 2.36. The molecule has 62 valence electrons. The Hall–Kier alpha value is -0.520. The Balaban J connectivity index is 2.08. The van der Waals surface area contributed by atoms with Gasteiger partial charge in [0.1, 0.15) is 0 Å². The van der Waals surface area contributed by atoms with Gasteiger partial charge in [-0.05, 0) is 25.2 Å². The highest BCUT2D eigenvalue weighted by molar-refractivity contribution is 5.05. The SMILES string of the molecule is CCCC/C=C\C1C=CCC1. The van der Waals surface area contributed by atoms with Crippen LogP contribution >= 0.6 is 0 Å². The van der Waals surface area contributed by atoms with Crippen LogP contribution in [0.25, 0.3) is 0 Å². The van der Waals surface area contributed by atoms with E-state index in [1.165, 1.54) is 32.1 Å². The summed E-state index contributed by atoms with van der Waals surface area (Å²) in [5.74, 6) is 0.756.